The van der Waals surface area contributed by atoms with Crippen LogP contribution in [0.25, 0.3) is 22.4 Å². The van der Waals surface area contributed by atoms with Gasteiger partial charge in [-0.2, -0.15) is 15.0 Å². The number of nitrogens with zero attached hydrogens (tertiary/aromatic N) is 4. The molecular weight excluding hydrogens is 412 g/mol. The highest BCUT2D eigenvalue weighted by Gasteiger charge is 2.35. The summed E-state index contributed by atoms with van der Waals surface area (Å²) in [5, 5.41) is 14.4. The fourth-order valence-corrected chi connectivity index (χ4v) is 4.94. The topological polar surface area (TPSA) is 71.2 Å². The van der Waals surface area contributed by atoms with Crippen LogP contribution in [0.4, 0.5) is 0 Å². The van der Waals surface area contributed by atoms with Gasteiger partial charge < -0.3 is 9.64 Å². The summed E-state index contributed by atoms with van der Waals surface area (Å²) in [6.45, 7) is 1.48. The molecule has 0 saturated carbocycles. The van der Waals surface area contributed by atoms with Gasteiger partial charge in [0.1, 0.15) is 11.4 Å². The highest BCUT2D eigenvalue weighted by Crippen LogP contribution is 2.39. The van der Waals surface area contributed by atoms with Crippen LogP contribution in [-0.2, 0) is 11.2 Å². The summed E-state index contributed by atoms with van der Waals surface area (Å²) in [6.07, 6.45) is 2.70. The van der Waals surface area contributed by atoms with Gasteiger partial charge >= 0.3 is 0 Å². The predicted octanol–water partition coefficient (Wildman–Crippen LogP) is 4.69. The zero-order valence-corrected chi connectivity index (χ0v) is 18.7. The molecule has 166 valence electrons. The molecule has 2 aliphatic rings. The first-order valence-electron chi connectivity index (χ1n) is 11.4. The largest absolute Gasteiger partial charge is 0.381 e. The molecule has 5 rings (SSSR count). The van der Waals surface area contributed by atoms with E-state index in [4.69, 9.17) is 9.84 Å². The predicted molar refractivity (Wildman–Crippen MR) is 126 cm³/mol. The first kappa shape index (κ1) is 21.2. The van der Waals surface area contributed by atoms with Gasteiger partial charge in [0.15, 0.2) is 0 Å². The van der Waals surface area contributed by atoms with E-state index in [0.717, 1.165) is 59.6 Å². The van der Waals surface area contributed by atoms with E-state index in [1.807, 2.05) is 60.7 Å². The number of carbonyl (C=O) groups is 1. The number of benzene rings is 2. The second kappa shape index (κ2) is 9.05. The van der Waals surface area contributed by atoms with Crippen molar-refractivity contribution in [3.63, 3.8) is 0 Å². The molecule has 0 radical (unpaired) electrons. The third kappa shape index (κ3) is 3.85. The number of carbonyl (C=O) groups excluding carboxylic acids is 1. The average molecular weight is 439 g/mol. The smallest absolute Gasteiger partial charge is 0.294 e. The Morgan fingerprint density at radius 3 is 2.27 bits per heavy atom. The number of rotatable bonds is 5. The van der Waals surface area contributed by atoms with E-state index < -0.39 is 0 Å². The molecule has 0 unspecified atom stereocenters. The van der Waals surface area contributed by atoms with Crippen molar-refractivity contribution in [2.45, 2.75) is 31.8 Å². The van der Waals surface area contributed by atoms with Crippen molar-refractivity contribution in [2.24, 2.45) is 0 Å². The van der Waals surface area contributed by atoms with Crippen LogP contribution in [-0.4, -0.2) is 46.9 Å². The zero-order chi connectivity index (χ0) is 22.8. The van der Waals surface area contributed by atoms with Gasteiger partial charge in [0.25, 0.3) is 5.91 Å². The second-order valence-corrected chi connectivity index (χ2v) is 8.51. The lowest BCUT2D eigenvalue weighted by molar-refractivity contribution is 0.0466. The van der Waals surface area contributed by atoms with Gasteiger partial charge in [-0.25, -0.2) is 0 Å². The summed E-state index contributed by atoms with van der Waals surface area (Å²) in [7, 11) is 1.73. The number of allylic oxidation sites excluding steroid dienone is 2. The minimum absolute atomic E-state index is 0.142. The van der Waals surface area contributed by atoms with Crippen LogP contribution in [0.3, 0.4) is 0 Å². The Bertz CT molecular complexity index is 1230. The number of aromatic nitrogens is 2. The van der Waals surface area contributed by atoms with E-state index in [9.17, 15) is 10.1 Å². The maximum atomic E-state index is 13.8. The number of nitriles is 1. The number of hydrogen-bond acceptors (Lipinski definition) is 5. The summed E-state index contributed by atoms with van der Waals surface area (Å²) in [5.74, 6) is -0.142. The minimum atomic E-state index is -0.142. The number of methoxy groups -OCH3 is 1. The van der Waals surface area contributed by atoms with Crippen molar-refractivity contribution in [3.05, 3.63) is 77.6 Å². The first-order chi connectivity index (χ1) is 16.2. The molecule has 6 nitrogen and oxygen atoms in total. The first-order valence-corrected chi connectivity index (χ1v) is 11.4. The Morgan fingerprint density at radius 2 is 1.67 bits per heavy atom. The maximum Gasteiger partial charge on any atom is 0.294 e. The fraction of sp³-hybridized carbons (Fsp3) is 0.296. The highest BCUT2D eigenvalue weighted by molar-refractivity contribution is 5.99. The van der Waals surface area contributed by atoms with Gasteiger partial charge in [0.2, 0.25) is 0 Å². The summed E-state index contributed by atoms with van der Waals surface area (Å²) < 4.78 is 7.08. The Labute approximate surface area is 193 Å². The molecule has 6 heteroatoms. The standard InChI is InChI=1S/C27H26N4O2/c1-33-22-13-16-30(17-14-22)26-21(12-15-28)18-23-24(19-8-4-2-5-9-19)25(29-31(23)27(26)32)20-10-6-3-7-11-20/h2-11,22H,12-14,16-18H2,1H3. The Morgan fingerprint density at radius 1 is 1.03 bits per heavy atom. The molecule has 0 aliphatic carbocycles. The number of piperidine rings is 1. The average Bonchev–Trinajstić information content (AvgIpc) is 3.25. The summed E-state index contributed by atoms with van der Waals surface area (Å²) in [5.41, 5.74) is 6.11. The molecule has 0 N–H and O–H groups in total. The minimum Gasteiger partial charge on any atom is -0.381 e. The van der Waals surface area contributed by atoms with Crippen molar-refractivity contribution < 1.29 is 9.53 Å². The molecule has 0 spiro atoms. The molecule has 1 saturated heterocycles. The SMILES string of the molecule is COC1CCN(C2=C(CC#N)Cc3c(-c4ccccc4)c(-c4ccccc4)nn3C2=O)CC1. The van der Waals surface area contributed by atoms with Crippen LogP contribution in [0, 0.1) is 11.3 Å². The van der Waals surface area contributed by atoms with Crippen LogP contribution >= 0.6 is 0 Å². The third-order valence-electron chi connectivity index (χ3n) is 6.59. The van der Waals surface area contributed by atoms with Gasteiger partial charge in [-0.15, -0.1) is 0 Å². The van der Waals surface area contributed by atoms with Gasteiger partial charge in [-0.05, 0) is 24.0 Å². The van der Waals surface area contributed by atoms with Crippen LogP contribution in [0.2, 0.25) is 0 Å². The molecule has 1 aromatic heterocycles. The van der Waals surface area contributed by atoms with E-state index in [1.54, 1.807) is 11.8 Å². The molecule has 0 amide bonds. The normalized spacial score (nSPS) is 16.6. The van der Waals surface area contributed by atoms with E-state index in [0.29, 0.717) is 12.1 Å². The van der Waals surface area contributed by atoms with Crippen molar-refractivity contribution in [3.8, 4) is 28.5 Å². The van der Waals surface area contributed by atoms with E-state index in [-0.39, 0.29) is 18.4 Å². The van der Waals surface area contributed by atoms with Crippen molar-refractivity contribution in [2.75, 3.05) is 20.2 Å². The lowest BCUT2D eigenvalue weighted by Gasteiger charge is -2.36. The number of ether oxygens (including phenoxy) is 1. The lowest BCUT2D eigenvalue weighted by Crippen LogP contribution is -2.42. The Balaban J connectivity index is 1.63. The van der Waals surface area contributed by atoms with E-state index in [2.05, 4.69) is 11.0 Å². The molecule has 2 aliphatic heterocycles. The fourth-order valence-electron chi connectivity index (χ4n) is 4.94. The molecule has 3 aromatic rings. The van der Waals surface area contributed by atoms with Crippen LogP contribution in [0.5, 0.6) is 0 Å². The van der Waals surface area contributed by atoms with Crippen LogP contribution in [0.1, 0.15) is 29.8 Å². The third-order valence-corrected chi connectivity index (χ3v) is 6.59. The Kier molecular flexibility index (Phi) is 5.80. The van der Waals surface area contributed by atoms with Crippen molar-refractivity contribution in [1.82, 2.24) is 14.7 Å². The quantitative estimate of drug-likeness (QED) is 0.578. The molecular formula is C27H26N4O2. The molecule has 2 aromatic carbocycles. The summed E-state index contributed by atoms with van der Waals surface area (Å²) in [6, 6.07) is 22.3. The molecule has 0 atom stereocenters. The molecule has 1 fully saturated rings. The van der Waals surface area contributed by atoms with Gasteiger partial charge in [-0.3, -0.25) is 4.79 Å². The molecule has 0 bridgehead atoms. The monoisotopic (exact) mass is 438 g/mol. The second-order valence-electron chi connectivity index (χ2n) is 8.51. The Hall–Kier alpha value is -3.69. The highest BCUT2D eigenvalue weighted by atomic mass is 16.5. The van der Waals surface area contributed by atoms with Crippen LogP contribution in [0.15, 0.2) is 71.9 Å². The van der Waals surface area contributed by atoms with Gasteiger partial charge in [0.05, 0.1) is 24.3 Å². The van der Waals surface area contributed by atoms with Gasteiger partial charge in [0, 0.05) is 37.7 Å². The summed E-state index contributed by atoms with van der Waals surface area (Å²) >= 11 is 0. The number of hydrogen-bond donors (Lipinski definition) is 0. The van der Waals surface area contributed by atoms with E-state index >= 15 is 0 Å². The molecule has 3 heterocycles. The van der Waals surface area contributed by atoms with Gasteiger partial charge in [-0.1, -0.05) is 60.7 Å². The molecule has 33 heavy (non-hydrogen) atoms. The van der Waals surface area contributed by atoms with Crippen molar-refractivity contribution in [1.29, 1.82) is 5.26 Å². The van der Waals surface area contributed by atoms with Crippen molar-refractivity contribution >= 4 is 5.91 Å². The van der Waals surface area contributed by atoms with Crippen LogP contribution < -0.4 is 0 Å². The lowest BCUT2D eigenvalue weighted by atomic mass is 9.92. The summed E-state index contributed by atoms with van der Waals surface area (Å²) in [4.78, 5) is 16.0. The zero-order valence-electron chi connectivity index (χ0n) is 18.7. The maximum absolute atomic E-state index is 13.8. The van der Waals surface area contributed by atoms with E-state index in [1.165, 1.54) is 0 Å². The number of likely N-dealkylation sites (tertiary alicyclic amines) is 1. The number of fused-ring (bicyclic) bond motifs is 1.